The lowest BCUT2D eigenvalue weighted by Gasteiger charge is -2.25. The molecule has 0 aromatic heterocycles. The Balaban J connectivity index is 2.33. The lowest BCUT2D eigenvalue weighted by Crippen LogP contribution is -2.11. The van der Waals surface area contributed by atoms with Crippen LogP contribution in [0.4, 0.5) is 0 Å². The van der Waals surface area contributed by atoms with Crippen LogP contribution in [0.2, 0.25) is 0 Å². The minimum Gasteiger partial charge on any atom is -0.0958 e. The van der Waals surface area contributed by atoms with E-state index in [9.17, 15) is 0 Å². The van der Waals surface area contributed by atoms with Gasteiger partial charge in [0.25, 0.3) is 0 Å². The second kappa shape index (κ2) is 6.15. The van der Waals surface area contributed by atoms with Crippen LogP contribution in [0.5, 0.6) is 0 Å². The maximum absolute atomic E-state index is 4.11. The molecule has 2 atom stereocenters. The van der Waals surface area contributed by atoms with E-state index in [0.717, 1.165) is 11.8 Å². The maximum Gasteiger partial charge on any atom is -0.0253 e. The van der Waals surface area contributed by atoms with Gasteiger partial charge in [-0.05, 0) is 38.0 Å². The molecule has 0 heteroatoms. The molecule has 1 rings (SSSR count). The number of hydrogen-bond donors (Lipinski definition) is 0. The van der Waals surface area contributed by atoms with Crippen LogP contribution in [0.15, 0.2) is 23.8 Å². The van der Waals surface area contributed by atoms with Crippen LogP contribution in [-0.2, 0) is 0 Å². The molecule has 0 amide bonds. The van der Waals surface area contributed by atoms with Gasteiger partial charge in [-0.1, -0.05) is 56.9 Å². The van der Waals surface area contributed by atoms with Crippen LogP contribution >= 0.6 is 0 Å². The smallest absolute Gasteiger partial charge is 0.0253 e. The lowest BCUT2D eigenvalue weighted by atomic mass is 9.81. The molecule has 0 bridgehead atoms. The maximum atomic E-state index is 4.11. The Morgan fingerprint density at radius 1 is 1.47 bits per heavy atom. The zero-order valence-electron chi connectivity index (χ0n) is 10.7. The molecule has 15 heavy (non-hydrogen) atoms. The van der Waals surface area contributed by atoms with Gasteiger partial charge in [-0.3, -0.25) is 0 Å². The van der Waals surface area contributed by atoms with E-state index in [1.165, 1.54) is 49.7 Å². The molecule has 0 saturated carbocycles. The van der Waals surface area contributed by atoms with Crippen LogP contribution in [-0.4, -0.2) is 0 Å². The average molecular weight is 206 g/mol. The molecule has 0 spiro atoms. The largest absolute Gasteiger partial charge is 0.0958 e. The zero-order valence-corrected chi connectivity index (χ0v) is 10.7. The molecule has 0 aromatic rings. The zero-order chi connectivity index (χ0) is 11.3. The minimum absolute atomic E-state index is 0.870. The first kappa shape index (κ1) is 12.5. The van der Waals surface area contributed by atoms with Gasteiger partial charge in [0.05, 0.1) is 0 Å². The highest BCUT2D eigenvalue weighted by atomic mass is 14.2. The lowest BCUT2D eigenvalue weighted by molar-refractivity contribution is 0.358. The van der Waals surface area contributed by atoms with Gasteiger partial charge in [0, 0.05) is 0 Å². The fraction of sp³-hybridized carbons (Fsp3) is 0.733. The van der Waals surface area contributed by atoms with Crippen LogP contribution in [0.25, 0.3) is 0 Å². The highest BCUT2D eigenvalue weighted by Gasteiger charge is 2.17. The Hall–Kier alpha value is -0.520. The molecular formula is C15H26. The molecule has 0 aromatic carbocycles. The fourth-order valence-corrected chi connectivity index (χ4v) is 2.77. The molecule has 1 aliphatic rings. The van der Waals surface area contributed by atoms with Gasteiger partial charge in [-0.15, -0.1) is 0 Å². The summed E-state index contributed by atoms with van der Waals surface area (Å²) in [6, 6.07) is 0. The third-order valence-electron chi connectivity index (χ3n) is 3.40. The quantitative estimate of drug-likeness (QED) is 0.586. The second-order valence-corrected chi connectivity index (χ2v) is 5.41. The summed E-state index contributed by atoms with van der Waals surface area (Å²) in [5, 5.41) is 0. The summed E-state index contributed by atoms with van der Waals surface area (Å²) in [5.74, 6) is 1.77. The van der Waals surface area contributed by atoms with Crippen molar-refractivity contribution in [3.8, 4) is 0 Å². The standard InChI is InChI=1S/C15H26/c1-5-6-7-12(2)9-15-10-13(3)8-14(4)11-15/h8,12,15H,3,5-7,9-11H2,1-2,4H3. The molecule has 0 aliphatic heterocycles. The molecule has 1 aliphatic carbocycles. The van der Waals surface area contributed by atoms with E-state index in [4.69, 9.17) is 0 Å². The van der Waals surface area contributed by atoms with E-state index >= 15 is 0 Å². The van der Waals surface area contributed by atoms with Gasteiger partial charge < -0.3 is 0 Å². The van der Waals surface area contributed by atoms with E-state index in [1.54, 1.807) is 0 Å². The first-order chi connectivity index (χ1) is 7.11. The van der Waals surface area contributed by atoms with Crippen molar-refractivity contribution in [1.29, 1.82) is 0 Å². The highest BCUT2D eigenvalue weighted by Crippen LogP contribution is 2.32. The van der Waals surface area contributed by atoms with Gasteiger partial charge in [0.2, 0.25) is 0 Å². The van der Waals surface area contributed by atoms with Gasteiger partial charge in [-0.25, -0.2) is 0 Å². The summed E-state index contributed by atoms with van der Waals surface area (Å²) in [6.07, 6.45) is 10.3. The van der Waals surface area contributed by atoms with Crippen LogP contribution in [0.1, 0.15) is 59.3 Å². The van der Waals surface area contributed by atoms with E-state index in [1.807, 2.05) is 0 Å². The molecule has 0 radical (unpaired) electrons. The third kappa shape index (κ3) is 4.68. The number of hydrogen-bond acceptors (Lipinski definition) is 0. The van der Waals surface area contributed by atoms with Crippen molar-refractivity contribution in [1.82, 2.24) is 0 Å². The molecule has 86 valence electrons. The van der Waals surface area contributed by atoms with E-state index in [0.29, 0.717) is 0 Å². The SMILES string of the molecule is C=C1C=C(C)CC(CC(C)CCCC)C1. The average Bonchev–Trinajstić information content (AvgIpc) is 2.13. The first-order valence-corrected chi connectivity index (χ1v) is 6.46. The van der Waals surface area contributed by atoms with Crippen molar-refractivity contribution in [2.24, 2.45) is 11.8 Å². The molecule has 0 nitrogen and oxygen atoms in total. The summed E-state index contributed by atoms with van der Waals surface area (Å²) in [7, 11) is 0. The summed E-state index contributed by atoms with van der Waals surface area (Å²) in [4.78, 5) is 0. The Morgan fingerprint density at radius 2 is 2.20 bits per heavy atom. The fourth-order valence-electron chi connectivity index (χ4n) is 2.77. The summed E-state index contributed by atoms with van der Waals surface area (Å²) < 4.78 is 0. The number of unbranched alkanes of at least 4 members (excludes halogenated alkanes) is 1. The van der Waals surface area contributed by atoms with E-state index in [2.05, 4.69) is 33.4 Å². The molecular weight excluding hydrogens is 180 g/mol. The van der Waals surface area contributed by atoms with Gasteiger partial charge >= 0.3 is 0 Å². The second-order valence-electron chi connectivity index (χ2n) is 5.41. The van der Waals surface area contributed by atoms with E-state index in [-0.39, 0.29) is 0 Å². The predicted molar refractivity (Wildman–Crippen MR) is 68.9 cm³/mol. The normalized spacial score (nSPS) is 23.8. The van der Waals surface area contributed by atoms with Crippen molar-refractivity contribution < 1.29 is 0 Å². The van der Waals surface area contributed by atoms with Crippen molar-refractivity contribution in [2.75, 3.05) is 0 Å². The molecule has 0 heterocycles. The number of allylic oxidation sites excluding steroid dienone is 3. The van der Waals surface area contributed by atoms with Gasteiger partial charge in [0.15, 0.2) is 0 Å². The van der Waals surface area contributed by atoms with Crippen LogP contribution in [0.3, 0.4) is 0 Å². The molecule has 0 saturated heterocycles. The van der Waals surface area contributed by atoms with Crippen molar-refractivity contribution in [2.45, 2.75) is 59.3 Å². The number of rotatable bonds is 5. The van der Waals surface area contributed by atoms with Crippen molar-refractivity contribution in [3.05, 3.63) is 23.8 Å². The van der Waals surface area contributed by atoms with Crippen LogP contribution < -0.4 is 0 Å². The highest BCUT2D eigenvalue weighted by molar-refractivity contribution is 5.24. The summed E-state index contributed by atoms with van der Waals surface area (Å²) >= 11 is 0. The Kier molecular flexibility index (Phi) is 5.14. The van der Waals surface area contributed by atoms with Crippen LogP contribution in [0, 0.1) is 11.8 Å². The molecule has 2 unspecified atom stereocenters. The van der Waals surface area contributed by atoms with Crippen molar-refractivity contribution >= 4 is 0 Å². The molecule has 0 fully saturated rings. The first-order valence-electron chi connectivity index (χ1n) is 6.46. The summed E-state index contributed by atoms with van der Waals surface area (Å²) in [6.45, 7) is 11.0. The van der Waals surface area contributed by atoms with E-state index < -0.39 is 0 Å². The van der Waals surface area contributed by atoms with Gasteiger partial charge in [-0.2, -0.15) is 0 Å². The van der Waals surface area contributed by atoms with Gasteiger partial charge in [0.1, 0.15) is 0 Å². The Morgan fingerprint density at radius 3 is 2.80 bits per heavy atom. The molecule has 0 N–H and O–H groups in total. The predicted octanol–water partition coefficient (Wildman–Crippen LogP) is 5.12. The Labute approximate surface area is 95.5 Å². The topological polar surface area (TPSA) is 0 Å². The third-order valence-corrected chi connectivity index (χ3v) is 3.40. The monoisotopic (exact) mass is 206 g/mol. The van der Waals surface area contributed by atoms with Crippen molar-refractivity contribution in [3.63, 3.8) is 0 Å². The Bertz CT molecular complexity index is 234. The summed E-state index contributed by atoms with van der Waals surface area (Å²) in [5.41, 5.74) is 2.87. The minimum atomic E-state index is 0.870.